The van der Waals surface area contributed by atoms with E-state index in [4.69, 9.17) is 14.2 Å². The standard InChI is InChI=1S/C16H21NO5S/c18-23(19,12-1-2-13-14(11-12)22-10-9-21-13)17-15-3-4-16(15)5-7-20-8-6-16/h1-2,11,15,17H,3-10H2. The lowest BCUT2D eigenvalue weighted by molar-refractivity contribution is -0.0483. The van der Waals surface area contributed by atoms with E-state index in [1.54, 1.807) is 18.2 Å². The highest BCUT2D eigenvalue weighted by molar-refractivity contribution is 7.89. The molecule has 1 unspecified atom stereocenters. The number of nitrogens with one attached hydrogen (secondary N) is 1. The molecule has 7 heteroatoms. The van der Waals surface area contributed by atoms with Gasteiger partial charge in [0.25, 0.3) is 0 Å². The van der Waals surface area contributed by atoms with Crippen LogP contribution in [0.1, 0.15) is 25.7 Å². The average molecular weight is 339 g/mol. The summed E-state index contributed by atoms with van der Waals surface area (Å²) in [7, 11) is -3.56. The van der Waals surface area contributed by atoms with Crippen LogP contribution in [0, 0.1) is 5.41 Å². The van der Waals surface area contributed by atoms with E-state index in [1.165, 1.54) is 0 Å². The molecule has 1 spiro atoms. The van der Waals surface area contributed by atoms with Gasteiger partial charge in [0.15, 0.2) is 11.5 Å². The number of hydrogen-bond acceptors (Lipinski definition) is 5. The van der Waals surface area contributed by atoms with Crippen LogP contribution >= 0.6 is 0 Å². The van der Waals surface area contributed by atoms with Crippen molar-refractivity contribution >= 4 is 10.0 Å². The van der Waals surface area contributed by atoms with Gasteiger partial charge in [-0.25, -0.2) is 13.1 Å². The first-order valence-electron chi connectivity index (χ1n) is 8.09. The molecule has 1 aromatic carbocycles. The minimum Gasteiger partial charge on any atom is -0.486 e. The second-order valence-electron chi connectivity index (χ2n) is 6.49. The van der Waals surface area contributed by atoms with Crippen molar-refractivity contribution in [2.75, 3.05) is 26.4 Å². The quantitative estimate of drug-likeness (QED) is 0.907. The lowest BCUT2D eigenvalue weighted by atomic mass is 9.60. The van der Waals surface area contributed by atoms with Crippen molar-refractivity contribution in [2.45, 2.75) is 36.6 Å². The van der Waals surface area contributed by atoms with Crippen LogP contribution in [0.15, 0.2) is 23.1 Å². The summed E-state index contributed by atoms with van der Waals surface area (Å²) in [6.07, 6.45) is 3.83. The summed E-state index contributed by atoms with van der Waals surface area (Å²) in [6.45, 7) is 2.38. The average Bonchev–Trinajstić information content (AvgIpc) is 2.59. The summed E-state index contributed by atoms with van der Waals surface area (Å²) in [6, 6.07) is 4.79. The third-order valence-electron chi connectivity index (χ3n) is 5.28. The molecule has 0 bridgehead atoms. The molecule has 0 aromatic heterocycles. The molecule has 2 heterocycles. The van der Waals surface area contributed by atoms with Gasteiger partial charge < -0.3 is 14.2 Å². The van der Waals surface area contributed by atoms with E-state index in [0.717, 1.165) is 38.9 Å². The molecule has 3 aliphatic rings. The van der Waals surface area contributed by atoms with Gasteiger partial charge >= 0.3 is 0 Å². The smallest absolute Gasteiger partial charge is 0.240 e. The molecule has 2 aliphatic heterocycles. The van der Waals surface area contributed by atoms with Crippen LogP contribution in [-0.2, 0) is 14.8 Å². The third-order valence-corrected chi connectivity index (χ3v) is 6.75. The number of ether oxygens (including phenoxy) is 3. The topological polar surface area (TPSA) is 73.9 Å². The van der Waals surface area contributed by atoms with Crippen molar-refractivity contribution in [3.63, 3.8) is 0 Å². The lowest BCUT2D eigenvalue weighted by Crippen LogP contribution is -2.57. The molecule has 0 amide bonds. The van der Waals surface area contributed by atoms with Gasteiger partial charge in [0.2, 0.25) is 10.0 Å². The Morgan fingerprint density at radius 3 is 2.43 bits per heavy atom. The van der Waals surface area contributed by atoms with Gasteiger partial charge in [0.1, 0.15) is 13.2 Å². The maximum absolute atomic E-state index is 12.7. The van der Waals surface area contributed by atoms with Crippen molar-refractivity contribution in [3.8, 4) is 11.5 Å². The fourth-order valence-corrected chi connectivity index (χ4v) is 5.09. The van der Waals surface area contributed by atoms with E-state index in [-0.39, 0.29) is 16.4 Å². The van der Waals surface area contributed by atoms with E-state index < -0.39 is 10.0 Å². The lowest BCUT2D eigenvalue weighted by Gasteiger charge is -2.51. The molecule has 1 saturated heterocycles. The maximum atomic E-state index is 12.7. The predicted molar refractivity (Wildman–Crippen MR) is 83.3 cm³/mol. The molecule has 1 atom stereocenters. The van der Waals surface area contributed by atoms with Gasteiger partial charge in [0, 0.05) is 25.3 Å². The molecule has 4 rings (SSSR count). The predicted octanol–water partition coefficient (Wildman–Crippen LogP) is 1.70. The summed E-state index contributed by atoms with van der Waals surface area (Å²) in [4.78, 5) is 0.232. The van der Waals surface area contributed by atoms with Crippen molar-refractivity contribution in [2.24, 2.45) is 5.41 Å². The summed E-state index contributed by atoms with van der Waals surface area (Å²) < 4.78 is 44.7. The van der Waals surface area contributed by atoms with Gasteiger partial charge in [-0.05, 0) is 43.2 Å². The number of rotatable bonds is 3. The van der Waals surface area contributed by atoms with Crippen molar-refractivity contribution in [1.29, 1.82) is 0 Å². The Morgan fingerprint density at radius 1 is 1.00 bits per heavy atom. The highest BCUT2D eigenvalue weighted by atomic mass is 32.2. The highest BCUT2D eigenvalue weighted by Gasteiger charge is 2.48. The van der Waals surface area contributed by atoms with Gasteiger partial charge in [-0.1, -0.05) is 0 Å². The van der Waals surface area contributed by atoms with Crippen molar-refractivity contribution < 1.29 is 22.6 Å². The highest BCUT2D eigenvalue weighted by Crippen LogP contribution is 2.49. The van der Waals surface area contributed by atoms with Gasteiger partial charge in [-0.15, -0.1) is 0 Å². The molecule has 2 fully saturated rings. The molecule has 1 aromatic rings. The second kappa shape index (κ2) is 5.65. The van der Waals surface area contributed by atoms with Crippen molar-refractivity contribution in [3.05, 3.63) is 18.2 Å². The Balaban J connectivity index is 1.54. The molecular weight excluding hydrogens is 318 g/mol. The molecule has 1 aliphatic carbocycles. The van der Waals surface area contributed by atoms with E-state index in [9.17, 15) is 8.42 Å². The Labute approximate surface area is 136 Å². The van der Waals surface area contributed by atoms with E-state index >= 15 is 0 Å². The molecular formula is C16H21NO5S. The number of hydrogen-bond donors (Lipinski definition) is 1. The zero-order chi connectivity index (χ0) is 15.9. The Morgan fingerprint density at radius 2 is 1.74 bits per heavy atom. The summed E-state index contributed by atoms with van der Waals surface area (Å²) in [5.74, 6) is 1.09. The number of sulfonamides is 1. The first kappa shape index (κ1) is 15.2. The molecule has 6 nitrogen and oxygen atoms in total. The maximum Gasteiger partial charge on any atom is 0.240 e. The largest absolute Gasteiger partial charge is 0.486 e. The van der Waals surface area contributed by atoms with Crippen molar-refractivity contribution in [1.82, 2.24) is 4.72 Å². The first-order chi connectivity index (χ1) is 11.1. The van der Waals surface area contributed by atoms with Gasteiger partial charge in [-0.3, -0.25) is 0 Å². The van der Waals surface area contributed by atoms with E-state index in [0.29, 0.717) is 24.7 Å². The van der Waals surface area contributed by atoms with Crippen LogP contribution < -0.4 is 14.2 Å². The SMILES string of the molecule is O=S(=O)(NC1CCC12CCOCC2)c1ccc2c(c1)OCCO2. The zero-order valence-electron chi connectivity index (χ0n) is 12.9. The zero-order valence-corrected chi connectivity index (χ0v) is 13.7. The van der Waals surface area contributed by atoms with E-state index in [1.807, 2.05) is 0 Å². The van der Waals surface area contributed by atoms with Gasteiger partial charge in [0.05, 0.1) is 4.90 Å². The van der Waals surface area contributed by atoms with Gasteiger partial charge in [-0.2, -0.15) is 0 Å². The Hall–Kier alpha value is -1.31. The molecule has 0 radical (unpaired) electrons. The molecule has 1 N–H and O–H groups in total. The monoisotopic (exact) mass is 339 g/mol. The summed E-state index contributed by atoms with van der Waals surface area (Å²) in [5, 5.41) is 0. The minimum absolute atomic E-state index is 0.00426. The molecule has 23 heavy (non-hydrogen) atoms. The molecule has 126 valence electrons. The summed E-state index contributed by atoms with van der Waals surface area (Å²) in [5.41, 5.74) is 0.0825. The van der Waals surface area contributed by atoms with Crippen LogP contribution in [0.5, 0.6) is 11.5 Å². The first-order valence-corrected chi connectivity index (χ1v) is 9.57. The fourth-order valence-electron chi connectivity index (χ4n) is 3.70. The summed E-state index contributed by atoms with van der Waals surface area (Å²) >= 11 is 0. The number of benzene rings is 1. The fraction of sp³-hybridized carbons (Fsp3) is 0.625. The van der Waals surface area contributed by atoms with Crippen LogP contribution in [0.3, 0.4) is 0 Å². The van der Waals surface area contributed by atoms with Crippen LogP contribution in [0.25, 0.3) is 0 Å². The van der Waals surface area contributed by atoms with Crippen LogP contribution in [-0.4, -0.2) is 40.9 Å². The second-order valence-corrected chi connectivity index (χ2v) is 8.21. The molecule has 1 saturated carbocycles. The van der Waals surface area contributed by atoms with E-state index in [2.05, 4.69) is 4.72 Å². The normalized spacial score (nSPS) is 25.8. The number of fused-ring (bicyclic) bond motifs is 1. The van der Waals surface area contributed by atoms with Crippen LogP contribution in [0.2, 0.25) is 0 Å². The van der Waals surface area contributed by atoms with Crippen LogP contribution in [0.4, 0.5) is 0 Å². The Kier molecular flexibility index (Phi) is 3.74. The minimum atomic E-state index is -3.56. The third kappa shape index (κ3) is 2.70. The Bertz CT molecular complexity index is 696.